The number of cyclic esters (lactones) is 1. The minimum Gasteiger partial charge on any atom is -0.461 e. The second kappa shape index (κ2) is 11.8. The summed E-state index contributed by atoms with van der Waals surface area (Å²) in [5.41, 5.74) is 0.942. The highest BCUT2D eigenvalue weighted by atomic mass is 16.6. The normalized spacial score (nSPS) is 20.3. The first-order chi connectivity index (χ1) is 13.1. The predicted octanol–water partition coefficient (Wildman–Crippen LogP) is 4.14. The van der Waals surface area contributed by atoms with Crippen molar-refractivity contribution in [2.75, 3.05) is 0 Å². The number of hydrogen-bond donors (Lipinski definition) is 1. The molecular weight excluding hydrogens is 342 g/mol. The summed E-state index contributed by atoms with van der Waals surface area (Å²) in [5, 5.41) is 3.06. The summed E-state index contributed by atoms with van der Waals surface area (Å²) in [5.74, 6) is -0.611. The molecule has 1 aliphatic rings. The Labute approximate surface area is 162 Å². The molecule has 1 fully saturated rings. The molecule has 1 aliphatic heterocycles. The van der Waals surface area contributed by atoms with E-state index >= 15 is 0 Å². The van der Waals surface area contributed by atoms with Crippen LogP contribution in [0.5, 0.6) is 0 Å². The molecule has 150 valence electrons. The maximum Gasteiger partial charge on any atom is 0.323 e. The largest absolute Gasteiger partial charge is 0.461 e. The lowest BCUT2D eigenvalue weighted by Crippen LogP contribution is -2.44. The lowest BCUT2D eigenvalue weighted by Gasteiger charge is -2.16. The number of carbonyl (C=O) groups excluding carboxylic acids is 2. The molecule has 5 heteroatoms. The van der Waals surface area contributed by atoms with Crippen molar-refractivity contribution in [2.45, 2.75) is 90.0 Å². The Kier molecular flexibility index (Phi) is 9.32. The standard InChI is InChI=1S/C22H33NO4/c1-3-4-5-6-7-11-14-19-15-20(22(25)27-19)23-17(2)21(24)26-16-18-12-9-8-10-13-18/h8-10,12-13,17,19-20,23H,3-7,11,14-16H2,1-2H3/t17-,19?,20?/m0/s1. The van der Waals surface area contributed by atoms with Crippen LogP contribution in [0.2, 0.25) is 0 Å². The first-order valence-electron chi connectivity index (χ1n) is 10.3. The number of unbranched alkanes of at least 4 members (excludes halogenated alkanes) is 5. The van der Waals surface area contributed by atoms with E-state index in [9.17, 15) is 9.59 Å². The molecule has 2 unspecified atom stereocenters. The van der Waals surface area contributed by atoms with Crippen molar-refractivity contribution in [3.05, 3.63) is 35.9 Å². The van der Waals surface area contributed by atoms with Crippen molar-refractivity contribution >= 4 is 11.9 Å². The van der Waals surface area contributed by atoms with Gasteiger partial charge in [-0.05, 0) is 25.3 Å². The summed E-state index contributed by atoms with van der Waals surface area (Å²) in [6.07, 6.45) is 8.86. The highest BCUT2D eigenvalue weighted by Gasteiger charge is 2.35. The fraction of sp³-hybridized carbons (Fsp3) is 0.636. The number of carbonyl (C=O) groups is 2. The highest BCUT2D eigenvalue weighted by Crippen LogP contribution is 2.21. The van der Waals surface area contributed by atoms with E-state index in [0.29, 0.717) is 6.42 Å². The number of hydrogen-bond acceptors (Lipinski definition) is 5. The molecule has 27 heavy (non-hydrogen) atoms. The van der Waals surface area contributed by atoms with E-state index < -0.39 is 12.1 Å². The third kappa shape index (κ3) is 7.71. The molecule has 3 atom stereocenters. The molecule has 0 bridgehead atoms. The molecule has 1 heterocycles. The molecule has 1 saturated heterocycles. The van der Waals surface area contributed by atoms with Gasteiger partial charge in [-0.3, -0.25) is 14.9 Å². The van der Waals surface area contributed by atoms with Gasteiger partial charge in [0.05, 0.1) is 0 Å². The Morgan fingerprint density at radius 3 is 2.63 bits per heavy atom. The molecule has 1 aromatic rings. The van der Waals surface area contributed by atoms with Gasteiger partial charge in [-0.15, -0.1) is 0 Å². The fourth-order valence-corrected chi connectivity index (χ4v) is 3.34. The van der Waals surface area contributed by atoms with E-state index in [1.165, 1.54) is 32.1 Å². The second-order valence-electron chi connectivity index (χ2n) is 7.39. The topological polar surface area (TPSA) is 64.6 Å². The van der Waals surface area contributed by atoms with Crippen LogP contribution in [0.1, 0.15) is 70.8 Å². The molecule has 0 amide bonds. The molecule has 5 nitrogen and oxygen atoms in total. The third-order valence-electron chi connectivity index (χ3n) is 4.97. The first-order valence-corrected chi connectivity index (χ1v) is 10.3. The van der Waals surface area contributed by atoms with Crippen molar-refractivity contribution in [3.63, 3.8) is 0 Å². The Hall–Kier alpha value is -1.88. The molecule has 0 aliphatic carbocycles. The van der Waals surface area contributed by atoms with Crippen molar-refractivity contribution < 1.29 is 19.1 Å². The average Bonchev–Trinajstić information content (AvgIpc) is 3.02. The van der Waals surface area contributed by atoms with Crippen LogP contribution in [0.4, 0.5) is 0 Å². The average molecular weight is 376 g/mol. The van der Waals surface area contributed by atoms with Crippen LogP contribution in [0, 0.1) is 0 Å². The van der Waals surface area contributed by atoms with Crippen molar-refractivity contribution in [3.8, 4) is 0 Å². The summed E-state index contributed by atoms with van der Waals surface area (Å²) >= 11 is 0. The highest BCUT2D eigenvalue weighted by molar-refractivity contribution is 5.80. The van der Waals surface area contributed by atoms with Gasteiger partial charge in [-0.25, -0.2) is 0 Å². The number of esters is 2. The molecule has 0 aromatic heterocycles. The second-order valence-corrected chi connectivity index (χ2v) is 7.39. The Balaban J connectivity index is 1.65. The van der Waals surface area contributed by atoms with E-state index in [0.717, 1.165) is 18.4 Å². The van der Waals surface area contributed by atoms with Crippen LogP contribution < -0.4 is 5.32 Å². The lowest BCUT2D eigenvalue weighted by molar-refractivity contribution is -0.148. The Morgan fingerprint density at radius 2 is 1.89 bits per heavy atom. The Bertz CT molecular complexity index is 575. The van der Waals surface area contributed by atoms with Crippen LogP contribution in [0.25, 0.3) is 0 Å². The number of rotatable bonds is 12. The van der Waals surface area contributed by atoms with Gasteiger partial charge in [0.2, 0.25) is 0 Å². The van der Waals surface area contributed by atoms with Gasteiger partial charge >= 0.3 is 11.9 Å². The molecular formula is C22H33NO4. The Morgan fingerprint density at radius 1 is 1.19 bits per heavy atom. The van der Waals surface area contributed by atoms with E-state index in [1.54, 1.807) is 6.92 Å². The smallest absolute Gasteiger partial charge is 0.323 e. The monoisotopic (exact) mass is 375 g/mol. The van der Waals surface area contributed by atoms with Crippen LogP contribution in [0.3, 0.4) is 0 Å². The summed E-state index contributed by atoms with van der Waals surface area (Å²) in [4.78, 5) is 24.2. The third-order valence-corrected chi connectivity index (χ3v) is 4.97. The summed E-state index contributed by atoms with van der Waals surface area (Å²) in [6, 6.07) is 8.59. The molecule has 1 N–H and O–H groups in total. The zero-order valence-electron chi connectivity index (χ0n) is 16.6. The maximum atomic E-state index is 12.2. The van der Waals surface area contributed by atoms with E-state index in [-0.39, 0.29) is 24.6 Å². The molecule has 0 saturated carbocycles. The SMILES string of the molecule is CCCCCCCCC1CC(N[C@@H](C)C(=O)OCc2ccccc2)C(=O)O1. The number of ether oxygens (including phenoxy) is 2. The minimum atomic E-state index is -0.543. The summed E-state index contributed by atoms with van der Waals surface area (Å²) in [6.45, 7) is 4.17. The first kappa shape index (κ1) is 21.4. The van der Waals surface area contributed by atoms with Crippen molar-refractivity contribution in [1.29, 1.82) is 0 Å². The van der Waals surface area contributed by atoms with Crippen LogP contribution in [0.15, 0.2) is 30.3 Å². The van der Waals surface area contributed by atoms with E-state index in [1.807, 2.05) is 30.3 Å². The number of nitrogens with one attached hydrogen (secondary N) is 1. The van der Waals surface area contributed by atoms with Gasteiger partial charge in [0.1, 0.15) is 24.8 Å². The maximum absolute atomic E-state index is 12.2. The predicted molar refractivity (Wildman–Crippen MR) is 105 cm³/mol. The minimum absolute atomic E-state index is 0.0336. The van der Waals surface area contributed by atoms with Gasteiger partial charge in [0.15, 0.2) is 0 Å². The molecule has 1 aromatic carbocycles. The summed E-state index contributed by atoms with van der Waals surface area (Å²) in [7, 11) is 0. The van der Waals surface area contributed by atoms with Gasteiger partial charge in [-0.1, -0.05) is 69.4 Å². The van der Waals surface area contributed by atoms with Crippen molar-refractivity contribution in [2.24, 2.45) is 0 Å². The zero-order valence-corrected chi connectivity index (χ0v) is 16.6. The van der Waals surface area contributed by atoms with Gasteiger partial charge < -0.3 is 9.47 Å². The van der Waals surface area contributed by atoms with Gasteiger partial charge in [0.25, 0.3) is 0 Å². The fourth-order valence-electron chi connectivity index (χ4n) is 3.34. The lowest BCUT2D eigenvalue weighted by atomic mass is 10.0. The van der Waals surface area contributed by atoms with Crippen molar-refractivity contribution in [1.82, 2.24) is 5.32 Å². The number of benzene rings is 1. The van der Waals surface area contributed by atoms with Crippen LogP contribution in [-0.2, 0) is 25.7 Å². The quantitative estimate of drug-likeness (QED) is 0.439. The van der Waals surface area contributed by atoms with Crippen LogP contribution >= 0.6 is 0 Å². The van der Waals surface area contributed by atoms with Gasteiger partial charge in [0, 0.05) is 6.42 Å². The summed E-state index contributed by atoms with van der Waals surface area (Å²) < 4.78 is 10.8. The molecule has 0 radical (unpaired) electrons. The molecule has 2 rings (SSSR count). The molecule has 0 spiro atoms. The zero-order chi connectivity index (χ0) is 19.5. The van der Waals surface area contributed by atoms with Gasteiger partial charge in [-0.2, -0.15) is 0 Å². The van der Waals surface area contributed by atoms with E-state index in [2.05, 4.69) is 12.2 Å². The van der Waals surface area contributed by atoms with Crippen LogP contribution in [-0.4, -0.2) is 30.1 Å². The van der Waals surface area contributed by atoms with E-state index in [4.69, 9.17) is 9.47 Å².